The van der Waals surface area contributed by atoms with Crippen LogP contribution in [0.3, 0.4) is 0 Å². The van der Waals surface area contributed by atoms with Crippen molar-refractivity contribution < 1.29 is 9.90 Å². The summed E-state index contributed by atoms with van der Waals surface area (Å²) in [6, 6.07) is 0. The van der Waals surface area contributed by atoms with Crippen LogP contribution in [0, 0.1) is 5.92 Å². The molecule has 0 saturated heterocycles. The molecule has 1 saturated carbocycles. The summed E-state index contributed by atoms with van der Waals surface area (Å²) in [5.41, 5.74) is 0. The van der Waals surface area contributed by atoms with Gasteiger partial charge in [-0.1, -0.05) is 32.6 Å². The largest absolute Gasteiger partial charge is 0.393 e. The van der Waals surface area contributed by atoms with Gasteiger partial charge in [0.15, 0.2) is 0 Å². The van der Waals surface area contributed by atoms with Crippen molar-refractivity contribution >= 4 is 5.91 Å². The van der Waals surface area contributed by atoms with E-state index in [1.54, 1.807) is 0 Å². The van der Waals surface area contributed by atoms with E-state index in [0.29, 0.717) is 25.3 Å². The normalized spacial score (nSPS) is 19.6. The lowest BCUT2D eigenvalue weighted by Gasteiger charge is -2.14. The Morgan fingerprint density at radius 1 is 1.29 bits per heavy atom. The van der Waals surface area contributed by atoms with E-state index in [0.717, 1.165) is 6.42 Å². The average Bonchev–Trinajstić information content (AvgIpc) is 2.57. The Balaban J connectivity index is 2.10. The van der Waals surface area contributed by atoms with Crippen LogP contribution < -0.4 is 5.32 Å². The number of amides is 1. The maximum absolute atomic E-state index is 11.7. The molecule has 100 valence electrons. The molecular formula is C14H27NO2. The van der Waals surface area contributed by atoms with Gasteiger partial charge in [-0.05, 0) is 31.6 Å². The zero-order chi connectivity index (χ0) is 12.5. The van der Waals surface area contributed by atoms with Gasteiger partial charge in [-0.25, -0.2) is 0 Å². The molecule has 3 nitrogen and oxygen atoms in total. The second-order valence-corrected chi connectivity index (χ2v) is 5.26. The fraction of sp³-hybridized carbons (Fsp3) is 0.929. The first-order chi connectivity index (χ1) is 8.22. The van der Waals surface area contributed by atoms with Crippen molar-refractivity contribution in [1.29, 1.82) is 0 Å². The highest BCUT2D eigenvalue weighted by Gasteiger charge is 2.15. The summed E-state index contributed by atoms with van der Waals surface area (Å²) in [6.45, 7) is 2.57. The molecule has 0 aromatic rings. The quantitative estimate of drug-likeness (QED) is 0.702. The van der Waals surface area contributed by atoms with E-state index in [9.17, 15) is 9.90 Å². The summed E-state index contributed by atoms with van der Waals surface area (Å²) >= 11 is 0. The minimum Gasteiger partial charge on any atom is -0.393 e. The lowest BCUT2D eigenvalue weighted by molar-refractivity contribution is -0.122. The summed E-state index contributed by atoms with van der Waals surface area (Å²) in [5.74, 6) is 0.758. The van der Waals surface area contributed by atoms with E-state index in [-0.39, 0.29) is 12.0 Å². The van der Waals surface area contributed by atoms with Crippen LogP contribution in [0.5, 0.6) is 0 Å². The minimum atomic E-state index is -0.270. The summed E-state index contributed by atoms with van der Waals surface area (Å²) in [5, 5.41) is 12.3. The molecule has 1 atom stereocenters. The molecule has 1 aliphatic rings. The summed E-state index contributed by atoms with van der Waals surface area (Å²) in [6.07, 6.45) is 9.51. The maximum Gasteiger partial charge on any atom is 0.220 e. The van der Waals surface area contributed by atoms with Crippen molar-refractivity contribution in [2.75, 3.05) is 6.54 Å². The van der Waals surface area contributed by atoms with Crippen LogP contribution in [0.2, 0.25) is 0 Å². The molecule has 17 heavy (non-hydrogen) atoms. The van der Waals surface area contributed by atoms with Crippen LogP contribution in [-0.4, -0.2) is 23.7 Å². The van der Waals surface area contributed by atoms with Gasteiger partial charge >= 0.3 is 0 Å². The molecular weight excluding hydrogens is 214 g/mol. The lowest BCUT2D eigenvalue weighted by Crippen LogP contribution is -2.28. The standard InChI is InChI=1S/C14H27NO2/c1-2-13(16)9-10-15-14(17)11-12-7-5-3-4-6-8-12/h12-13,16H,2-11H2,1H3,(H,15,17). The van der Waals surface area contributed by atoms with Gasteiger partial charge in [0.25, 0.3) is 0 Å². The SMILES string of the molecule is CCC(O)CCNC(=O)CC1CCCCCC1. The Kier molecular flexibility index (Phi) is 7.25. The first-order valence-electron chi connectivity index (χ1n) is 7.17. The fourth-order valence-electron chi connectivity index (χ4n) is 2.48. The zero-order valence-electron chi connectivity index (χ0n) is 11.1. The van der Waals surface area contributed by atoms with Crippen LogP contribution in [0.4, 0.5) is 0 Å². The molecule has 0 aromatic carbocycles. The average molecular weight is 241 g/mol. The van der Waals surface area contributed by atoms with Crippen LogP contribution in [0.15, 0.2) is 0 Å². The Bertz CT molecular complexity index is 210. The van der Waals surface area contributed by atoms with Gasteiger partial charge in [-0.2, -0.15) is 0 Å². The van der Waals surface area contributed by atoms with E-state index < -0.39 is 0 Å². The van der Waals surface area contributed by atoms with E-state index in [1.807, 2.05) is 6.92 Å². The molecule has 2 N–H and O–H groups in total. The van der Waals surface area contributed by atoms with Crippen molar-refractivity contribution in [1.82, 2.24) is 5.32 Å². The Morgan fingerprint density at radius 3 is 2.53 bits per heavy atom. The molecule has 1 unspecified atom stereocenters. The molecule has 1 rings (SSSR count). The van der Waals surface area contributed by atoms with Gasteiger partial charge in [0.05, 0.1) is 6.10 Å². The molecule has 0 bridgehead atoms. The molecule has 0 heterocycles. The highest BCUT2D eigenvalue weighted by molar-refractivity contribution is 5.76. The third kappa shape index (κ3) is 6.67. The van der Waals surface area contributed by atoms with E-state index in [2.05, 4.69) is 5.32 Å². The number of aliphatic hydroxyl groups excluding tert-OH is 1. The number of rotatable bonds is 6. The number of hydrogen-bond acceptors (Lipinski definition) is 2. The number of carbonyl (C=O) groups excluding carboxylic acids is 1. The molecule has 0 spiro atoms. The summed E-state index contributed by atoms with van der Waals surface area (Å²) in [7, 11) is 0. The van der Waals surface area contributed by atoms with Crippen molar-refractivity contribution in [3.63, 3.8) is 0 Å². The lowest BCUT2D eigenvalue weighted by atomic mass is 9.96. The second-order valence-electron chi connectivity index (χ2n) is 5.26. The molecule has 0 radical (unpaired) electrons. The maximum atomic E-state index is 11.7. The number of aliphatic hydroxyl groups is 1. The van der Waals surface area contributed by atoms with Crippen LogP contribution in [0.25, 0.3) is 0 Å². The number of hydrogen-bond donors (Lipinski definition) is 2. The monoisotopic (exact) mass is 241 g/mol. The van der Waals surface area contributed by atoms with Crippen LogP contribution >= 0.6 is 0 Å². The second kappa shape index (κ2) is 8.51. The van der Waals surface area contributed by atoms with Gasteiger partial charge in [0.1, 0.15) is 0 Å². The van der Waals surface area contributed by atoms with Gasteiger partial charge in [-0.3, -0.25) is 4.79 Å². The van der Waals surface area contributed by atoms with Crippen molar-refractivity contribution in [2.24, 2.45) is 5.92 Å². The first kappa shape index (κ1) is 14.5. The Hall–Kier alpha value is -0.570. The van der Waals surface area contributed by atoms with Gasteiger partial charge in [-0.15, -0.1) is 0 Å². The Morgan fingerprint density at radius 2 is 1.94 bits per heavy atom. The van der Waals surface area contributed by atoms with E-state index in [1.165, 1.54) is 38.5 Å². The Labute approximate surface area is 105 Å². The first-order valence-corrected chi connectivity index (χ1v) is 7.17. The van der Waals surface area contributed by atoms with Gasteiger partial charge in [0, 0.05) is 13.0 Å². The van der Waals surface area contributed by atoms with Crippen LogP contribution in [0.1, 0.15) is 64.7 Å². The topological polar surface area (TPSA) is 49.3 Å². The molecule has 0 aromatic heterocycles. The molecule has 0 aliphatic heterocycles. The summed E-state index contributed by atoms with van der Waals surface area (Å²) < 4.78 is 0. The van der Waals surface area contributed by atoms with Crippen molar-refractivity contribution in [3.8, 4) is 0 Å². The molecule has 3 heteroatoms. The molecule has 1 amide bonds. The minimum absolute atomic E-state index is 0.167. The molecule has 1 fully saturated rings. The zero-order valence-corrected chi connectivity index (χ0v) is 11.1. The fourth-order valence-corrected chi connectivity index (χ4v) is 2.48. The van der Waals surface area contributed by atoms with Gasteiger partial charge in [0.2, 0.25) is 5.91 Å². The number of carbonyl (C=O) groups is 1. The predicted molar refractivity (Wildman–Crippen MR) is 69.7 cm³/mol. The van der Waals surface area contributed by atoms with Crippen molar-refractivity contribution in [2.45, 2.75) is 70.8 Å². The van der Waals surface area contributed by atoms with E-state index in [4.69, 9.17) is 0 Å². The summed E-state index contributed by atoms with van der Waals surface area (Å²) in [4.78, 5) is 11.7. The highest BCUT2D eigenvalue weighted by Crippen LogP contribution is 2.25. The number of nitrogens with one attached hydrogen (secondary N) is 1. The van der Waals surface area contributed by atoms with Crippen molar-refractivity contribution in [3.05, 3.63) is 0 Å². The van der Waals surface area contributed by atoms with Crippen LogP contribution in [-0.2, 0) is 4.79 Å². The predicted octanol–water partition coefficient (Wildman–Crippen LogP) is 2.62. The smallest absolute Gasteiger partial charge is 0.220 e. The molecule has 1 aliphatic carbocycles. The third-order valence-corrected chi connectivity index (χ3v) is 3.72. The highest BCUT2D eigenvalue weighted by atomic mass is 16.3. The van der Waals surface area contributed by atoms with Gasteiger partial charge < -0.3 is 10.4 Å². The van der Waals surface area contributed by atoms with E-state index >= 15 is 0 Å². The third-order valence-electron chi connectivity index (χ3n) is 3.72.